The van der Waals surface area contributed by atoms with Crippen molar-refractivity contribution in [2.24, 2.45) is 0 Å². The second-order valence-corrected chi connectivity index (χ2v) is 13.8. The molecular weight excluding hydrogens is 528 g/mol. The molecule has 0 amide bonds. The zero-order valence-electron chi connectivity index (χ0n) is 27.0. The van der Waals surface area contributed by atoms with Gasteiger partial charge in [0.1, 0.15) is 16.6 Å². The van der Waals surface area contributed by atoms with Crippen LogP contribution in [0.2, 0.25) is 0 Å². The second kappa shape index (κ2) is 14.8. The Kier molecular flexibility index (Phi) is 10.4. The maximum atomic E-state index is 4.94. The SMILES string of the molecule is Cc1ccc2c(nnn2-c2cc3n[nH]nc3c(C3CCCCCCCCCCC3)c2C)c1C1CCCCCCCCCC1. The van der Waals surface area contributed by atoms with Crippen molar-refractivity contribution in [2.45, 2.75) is 161 Å². The summed E-state index contributed by atoms with van der Waals surface area (Å²) in [6.45, 7) is 4.58. The number of aromatic nitrogens is 6. The number of rotatable bonds is 3. The number of nitrogens with zero attached hydrogens (tertiary/aromatic N) is 5. The third-order valence-electron chi connectivity index (χ3n) is 10.8. The Morgan fingerprint density at radius 2 is 1.12 bits per heavy atom. The maximum absolute atomic E-state index is 4.94. The van der Waals surface area contributed by atoms with Gasteiger partial charge in [-0.15, -0.1) is 5.10 Å². The average Bonchev–Trinajstić information content (AvgIpc) is 3.63. The highest BCUT2D eigenvalue weighted by Gasteiger charge is 2.25. The molecule has 0 saturated heterocycles. The van der Waals surface area contributed by atoms with Crippen LogP contribution in [0.1, 0.15) is 169 Å². The number of fused-ring (bicyclic) bond motifs is 2. The summed E-state index contributed by atoms with van der Waals surface area (Å²) in [4.78, 5) is 0. The summed E-state index contributed by atoms with van der Waals surface area (Å²) in [6.07, 6.45) is 28.2. The average molecular weight is 583 g/mol. The van der Waals surface area contributed by atoms with Crippen molar-refractivity contribution < 1.29 is 0 Å². The molecule has 6 heteroatoms. The maximum Gasteiger partial charge on any atom is 0.117 e. The minimum atomic E-state index is 0.506. The van der Waals surface area contributed by atoms with Crippen molar-refractivity contribution >= 4 is 22.1 Å². The summed E-state index contributed by atoms with van der Waals surface area (Å²) in [5, 5.41) is 22.1. The van der Waals surface area contributed by atoms with Crippen LogP contribution >= 0.6 is 0 Å². The van der Waals surface area contributed by atoms with Crippen LogP contribution < -0.4 is 0 Å². The summed E-state index contributed by atoms with van der Waals surface area (Å²) in [7, 11) is 0. The van der Waals surface area contributed by atoms with E-state index in [-0.39, 0.29) is 0 Å². The van der Waals surface area contributed by atoms with Crippen molar-refractivity contribution in [2.75, 3.05) is 0 Å². The number of hydrogen-bond acceptors (Lipinski definition) is 4. The van der Waals surface area contributed by atoms with E-state index in [4.69, 9.17) is 15.4 Å². The van der Waals surface area contributed by atoms with Gasteiger partial charge in [-0.05, 0) is 85.8 Å². The summed E-state index contributed by atoms with van der Waals surface area (Å²) in [5.41, 5.74) is 10.8. The second-order valence-electron chi connectivity index (χ2n) is 13.8. The van der Waals surface area contributed by atoms with E-state index in [0.717, 1.165) is 27.8 Å². The molecule has 2 heterocycles. The third-order valence-corrected chi connectivity index (χ3v) is 10.8. The van der Waals surface area contributed by atoms with E-state index in [9.17, 15) is 0 Å². The monoisotopic (exact) mass is 582 g/mol. The lowest BCUT2D eigenvalue weighted by molar-refractivity contribution is 0.467. The molecule has 0 unspecified atom stereocenters. The molecule has 2 aromatic carbocycles. The molecule has 0 radical (unpaired) electrons. The van der Waals surface area contributed by atoms with Gasteiger partial charge in [-0.2, -0.15) is 15.4 Å². The molecule has 2 aliphatic carbocycles. The van der Waals surface area contributed by atoms with Gasteiger partial charge in [0.2, 0.25) is 0 Å². The van der Waals surface area contributed by atoms with Gasteiger partial charge in [-0.3, -0.25) is 0 Å². The lowest BCUT2D eigenvalue weighted by Crippen LogP contribution is -2.09. The number of nitrogens with one attached hydrogen (secondary N) is 1. The predicted octanol–water partition coefficient (Wildman–Crippen LogP) is 10.7. The van der Waals surface area contributed by atoms with Gasteiger partial charge in [0.15, 0.2) is 0 Å². The summed E-state index contributed by atoms with van der Waals surface area (Å²) >= 11 is 0. The number of hydrogen-bond donors (Lipinski definition) is 1. The Balaban J connectivity index is 1.38. The van der Waals surface area contributed by atoms with Gasteiger partial charge >= 0.3 is 0 Å². The smallest absolute Gasteiger partial charge is 0.117 e. The quantitative estimate of drug-likeness (QED) is 0.261. The number of aromatic amines is 1. The van der Waals surface area contributed by atoms with Crippen LogP contribution in [0, 0.1) is 13.8 Å². The van der Waals surface area contributed by atoms with Crippen molar-refractivity contribution in [3.05, 3.63) is 40.5 Å². The Labute approximate surface area is 258 Å². The Morgan fingerprint density at radius 3 is 1.67 bits per heavy atom. The van der Waals surface area contributed by atoms with Crippen molar-refractivity contribution in [3.63, 3.8) is 0 Å². The molecular formula is C37H54N6. The van der Waals surface area contributed by atoms with Crippen LogP contribution in [0.3, 0.4) is 0 Å². The third kappa shape index (κ3) is 6.99. The number of benzene rings is 2. The molecule has 0 spiro atoms. The molecule has 1 N–H and O–H groups in total. The van der Waals surface area contributed by atoms with Crippen molar-refractivity contribution in [3.8, 4) is 5.69 Å². The zero-order valence-corrected chi connectivity index (χ0v) is 27.0. The van der Waals surface area contributed by atoms with Gasteiger partial charge in [0, 0.05) is 0 Å². The molecule has 2 aromatic heterocycles. The molecule has 0 bridgehead atoms. The number of aryl methyl sites for hydroxylation is 1. The van der Waals surface area contributed by atoms with E-state index in [1.54, 1.807) is 0 Å². The van der Waals surface area contributed by atoms with E-state index in [1.165, 1.54) is 157 Å². The summed E-state index contributed by atoms with van der Waals surface area (Å²) in [5.74, 6) is 1.07. The summed E-state index contributed by atoms with van der Waals surface area (Å²) in [6, 6.07) is 6.76. The largest absolute Gasteiger partial charge is 0.212 e. The molecule has 2 saturated carbocycles. The fraction of sp³-hybridized carbons (Fsp3) is 0.676. The summed E-state index contributed by atoms with van der Waals surface area (Å²) < 4.78 is 2.12. The highest BCUT2D eigenvalue weighted by Crippen LogP contribution is 2.40. The van der Waals surface area contributed by atoms with E-state index in [2.05, 4.69) is 47.0 Å². The molecule has 0 aliphatic heterocycles. The highest BCUT2D eigenvalue weighted by atomic mass is 15.4. The molecule has 2 fully saturated rings. The zero-order chi connectivity index (χ0) is 29.4. The topological polar surface area (TPSA) is 72.3 Å². The molecule has 4 aromatic rings. The molecule has 43 heavy (non-hydrogen) atoms. The Hall–Kier alpha value is -2.76. The Bertz CT molecular complexity index is 1440. The number of H-pyrrole nitrogens is 1. The standard InChI is InChI=1S/C37H54N6/c1-27-24-25-32-37(34(27)29-20-16-12-10-6-7-11-13-17-21-29)40-42-43(32)33-26-31-36(39-41-38-31)35(28(33)2)30-22-18-14-8-4-3-5-9-15-19-23-30/h24-26,29-30H,3-23H2,1-2H3,(H,38,39,41). The van der Waals surface area contributed by atoms with Crippen molar-refractivity contribution in [1.82, 2.24) is 30.4 Å². The predicted molar refractivity (Wildman–Crippen MR) is 178 cm³/mol. The van der Waals surface area contributed by atoms with E-state index in [1.807, 2.05) is 0 Å². The van der Waals surface area contributed by atoms with Gasteiger partial charge in [0.05, 0.1) is 11.2 Å². The van der Waals surface area contributed by atoms with Crippen LogP contribution in [0.25, 0.3) is 27.8 Å². The molecule has 6 nitrogen and oxygen atoms in total. The Morgan fingerprint density at radius 1 is 0.605 bits per heavy atom. The van der Waals surface area contributed by atoms with Gasteiger partial charge < -0.3 is 0 Å². The molecule has 0 atom stereocenters. The first-order valence-electron chi connectivity index (χ1n) is 17.9. The van der Waals surface area contributed by atoms with Gasteiger partial charge in [0.25, 0.3) is 0 Å². The molecule has 232 valence electrons. The lowest BCUT2D eigenvalue weighted by Gasteiger charge is -2.22. The van der Waals surface area contributed by atoms with E-state index in [0.29, 0.717) is 11.8 Å². The first-order valence-corrected chi connectivity index (χ1v) is 17.9. The van der Waals surface area contributed by atoms with Crippen LogP contribution in [0.4, 0.5) is 0 Å². The first-order chi connectivity index (χ1) is 21.2. The first kappa shape index (κ1) is 30.3. The molecule has 2 aliphatic rings. The van der Waals surface area contributed by atoms with Crippen LogP contribution in [-0.2, 0) is 0 Å². The van der Waals surface area contributed by atoms with Crippen LogP contribution in [0.5, 0.6) is 0 Å². The normalized spacial score (nSPS) is 20.0. The van der Waals surface area contributed by atoms with Crippen LogP contribution in [0.15, 0.2) is 18.2 Å². The fourth-order valence-corrected chi connectivity index (χ4v) is 8.34. The van der Waals surface area contributed by atoms with Gasteiger partial charge in [-0.25, -0.2) is 4.68 Å². The van der Waals surface area contributed by atoms with Crippen LogP contribution in [-0.4, -0.2) is 30.4 Å². The van der Waals surface area contributed by atoms with E-state index >= 15 is 0 Å². The molecule has 6 rings (SSSR count). The minimum Gasteiger partial charge on any atom is -0.212 e. The van der Waals surface area contributed by atoms with E-state index < -0.39 is 0 Å². The lowest BCUT2D eigenvalue weighted by atomic mass is 9.84. The van der Waals surface area contributed by atoms with Gasteiger partial charge in [-0.1, -0.05) is 120 Å². The minimum absolute atomic E-state index is 0.506. The van der Waals surface area contributed by atoms with Crippen molar-refractivity contribution in [1.29, 1.82) is 0 Å². The highest BCUT2D eigenvalue weighted by molar-refractivity contribution is 5.86. The fourth-order valence-electron chi connectivity index (χ4n) is 8.34.